The normalized spacial score (nSPS) is 16.5. The molecule has 1 N–H and O–H groups in total. The standard InChI is InChI=1S/C18H20N2O3/c1-20(16-10-4-7-13-6-2-3-8-14(13)16)17(21)12-23-18(22)15-9-5-11-19-15/h2-3,5-6,8-9,11,16,19H,4,7,10,12H2,1H3/t16-/m1/s1. The quantitative estimate of drug-likeness (QED) is 0.883. The van der Waals surface area contributed by atoms with Gasteiger partial charge >= 0.3 is 5.97 Å². The first-order chi connectivity index (χ1) is 11.2. The van der Waals surface area contributed by atoms with Crippen LogP contribution >= 0.6 is 0 Å². The number of hydrogen-bond acceptors (Lipinski definition) is 3. The predicted molar refractivity (Wildman–Crippen MR) is 86.0 cm³/mol. The van der Waals surface area contributed by atoms with Gasteiger partial charge in [0.25, 0.3) is 5.91 Å². The predicted octanol–water partition coefficient (Wildman–Crippen LogP) is 2.71. The van der Waals surface area contributed by atoms with Crippen LogP contribution in [0.1, 0.15) is 40.5 Å². The van der Waals surface area contributed by atoms with Gasteiger partial charge in [-0.25, -0.2) is 4.79 Å². The number of hydrogen-bond donors (Lipinski definition) is 1. The Kier molecular flexibility index (Phi) is 4.46. The van der Waals surface area contributed by atoms with Crippen molar-refractivity contribution in [3.8, 4) is 0 Å². The lowest BCUT2D eigenvalue weighted by atomic mass is 9.87. The summed E-state index contributed by atoms with van der Waals surface area (Å²) in [5, 5.41) is 0. The molecule has 0 fully saturated rings. The van der Waals surface area contributed by atoms with Gasteiger partial charge in [0.15, 0.2) is 6.61 Å². The summed E-state index contributed by atoms with van der Waals surface area (Å²) in [4.78, 5) is 28.6. The van der Waals surface area contributed by atoms with E-state index in [1.807, 2.05) is 12.1 Å². The van der Waals surface area contributed by atoms with Gasteiger partial charge in [-0.2, -0.15) is 0 Å². The molecule has 5 heteroatoms. The highest BCUT2D eigenvalue weighted by Gasteiger charge is 2.27. The molecule has 0 saturated heterocycles. The van der Waals surface area contributed by atoms with Crippen LogP contribution < -0.4 is 0 Å². The Morgan fingerprint density at radius 2 is 2.09 bits per heavy atom. The van der Waals surface area contributed by atoms with Gasteiger partial charge in [-0.1, -0.05) is 24.3 Å². The van der Waals surface area contributed by atoms with Gasteiger partial charge in [0.1, 0.15) is 5.69 Å². The number of carbonyl (C=O) groups excluding carboxylic acids is 2. The maximum atomic E-state index is 12.4. The minimum absolute atomic E-state index is 0.0524. The van der Waals surface area contributed by atoms with Crippen LogP contribution in [0.15, 0.2) is 42.6 Å². The molecule has 1 amide bonds. The molecule has 0 unspecified atom stereocenters. The number of fused-ring (bicyclic) bond motifs is 1. The number of rotatable bonds is 4. The Balaban J connectivity index is 1.63. The van der Waals surface area contributed by atoms with E-state index in [1.54, 1.807) is 30.3 Å². The van der Waals surface area contributed by atoms with E-state index in [9.17, 15) is 9.59 Å². The second-order valence-electron chi connectivity index (χ2n) is 5.77. The number of amides is 1. The fourth-order valence-electron chi connectivity index (χ4n) is 3.07. The molecule has 0 spiro atoms. The number of aromatic nitrogens is 1. The molecule has 1 aliphatic carbocycles. The van der Waals surface area contributed by atoms with E-state index in [4.69, 9.17) is 4.74 Å². The summed E-state index contributed by atoms with van der Waals surface area (Å²) in [7, 11) is 1.78. The number of ether oxygens (including phenoxy) is 1. The summed E-state index contributed by atoms with van der Waals surface area (Å²) in [5.41, 5.74) is 2.85. The Hall–Kier alpha value is -2.56. The Bertz CT molecular complexity index is 694. The molecule has 0 bridgehead atoms. The zero-order chi connectivity index (χ0) is 16.2. The Labute approximate surface area is 135 Å². The highest BCUT2D eigenvalue weighted by molar-refractivity contribution is 5.89. The fraction of sp³-hybridized carbons (Fsp3) is 0.333. The van der Waals surface area contributed by atoms with E-state index in [2.05, 4.69) is 17.1 Å². The molecule has 1 atom stereocenters. The Morgan fingerprint density at radius 1 is 1.26 bits per heavy atom. The third kappa shape index (κ3) is 3.28. The second kappa shape index (κ2) is 6.69. The summed E-state index contributed by atoms with van der Waals surface area (Å²) in [6.45, 7) is -0.243. The van der Waals surface area contributed by atoms with E-state index >= 15 is 0 Å². The molecule has 0 aliphatic heterocycles. The van der Waals surface area contributed by atoms with Crippen molar-refractivity contribution >= 4 is 11.9 Å². The average molecular weight is 312 g/mol. The summed E-state index contributed by atoms with van der Waals surface area (Å²) in [5.74, 6) is -0.701. The third-order valence-electron chi connectivity index (χ3n) is 4.34. The lowest BCUT2D eigenvalue weighted by Gasteiger charge is -2.33. The van der Waals surface area contributed by atoms with Crippen LogP contribution in [-0.4, -0.2) is 35.4 Å². The van der Waals surface area contributed by atoms with E-state index in [1.165, 1.54) is 11.1 Å². The molecule has 120 valence electrons. The number of carbonyl (C=O) groups is 2. The van der Waals surface area contributed by atoms with Crippen LogP contribution in [-0.2, 0) is 16.0 Å². The number of esters is 1. The molecule has 1 aliphatic rings. The van der Waals surface area contributed by atoms with Gasteiger partial charge in [0, 0.05) is 13.2 Å². The van der Waals surface area contributed by atoms with Crippen LogP contribution in [0.5, 0.6) is 0 Å². The van der Waals surface area contributed by atoms with Crippen LogP contribution in [0.4, 0.5) is 0 Å². The van der Waals surface area contributed by atoms with Crippen LogP contribution in [0, 0.1) is 0 Å². The summed E-state index contributed by atoms with van der Waals surface area (Å²) in [6.07, 6.45) is 4.69. The monoisotopic (exact) mass is 312 g/mol. The minimum atomic E-state index is -0.513. The number of likely N-dealkylation sites (N-methyl/N-ethyl adjacent to an activating group) is 1. The lowest BCUT2D eigenvalue weighted by molar-refractivity contribution is -0.135. The third-order valence-corrected chi connectivity index (χ3v) is 4.34. The molecule has 5 nitrogen and oxygen atoms in total. The first kappa shape index (κ1) is 15.3. The van der Waals surface area contributed by atoms with Crippen molar-refractivity contribution in [2.24, 2.45) is 0 Å². The molecule has 1 aromatic heterocycles. The van der Waals surface area contributed by atoms with Crippen LogP contribution in [0.3, 0.4) is 0 Å². The van der Waals surface area contributed by atoms with Crippen molar-refractivity contribution in [3.63, 3.8) is 0 Å². The van der Waals surface area contributed by atoms with Gasteiger partial charge in [-0.15, -0.1) is 0 Å². The molecule has 1 aromatic carbocycles. The number of benzene rings is 1. The zero-order valence-corrected chi connectivity index (χ0v) is 13.1. The number of aryl methyl sites for hydroxylation is 1. The van der Waals surface area contributed by atoms with Crippen LogP contribution in [0.25, 0.3) is 0 Å². The van der Waals surface area contributed by atoms with Crippen molar-refractivity contribution in [1.82, 2.24) is 9.88 Å². The highest BCUT2D eigenvalue weighted by atomic mass is 16.5. The van der Waals surface area contributed by atoms with E-state index in [0.29, 0.717) is 5.69 Å². The van der Waals surface area contributed by atoms with Crippen molar-refractivity contribution in [1.29, 1.82) is 0 Å². The number of nitrogens with zero attached hydrogens (tertiary/aromatic N) is 1. The zero-order valence-electron chi connectivity index (χ0n) is 13.1. The molecule has 0 radical (unpaired) electrons. The molecular formula is C18H20N2O3. The van der Waals surface area contributed by atoms with E-state index < -0.39 is 5.97 Å². The molecule has 23 heavy (non-hydrogen) atoms. The summed E-state index contributed by atoms with van der Waals surface area (Å²) in [6, 6.07) is 11.6. The van der Waals surface area contributed by atoms with Crippen LogP contribution in [0.2, 0.25) is 0 Å². The first-order valence-electron chi connectivity index (χ1n) is 7.81. The Morgan fingerprint density at radius 3 is 2.87 bits per heavy atom. The largest absolute Gasteiger partial charge is 0.451 e. The fourth-order valence-corrected chi connectivity index (χ4v) is 3.07. The summed E-state index contributed by atoms with van der Waals surface area (Å²) < 4.78 is 5.09. The first-order valence-corrected chi connectivity index (χ1v) is 7.81. The topological polar surface area (TPSA) is 62.4 Å². The summed E-state index contributed by atoms with van der Waals surface area (Å²) >= 11 is 0. The van der Waals surface area contributed by atoms with Gasteiger partial charge in [0.05, 0.1) is 6.04 Å². The van der Waals surface area contributed by atoms with Crippen molar-refractivity contribution in [3.05, 3.63) is 59.4 Å². The molecule has 2 aromatic rings. The number of nitrogens with one attached hydrogen (secondary N) is 1. The van der Waals surface area contributed by atoms with Gasteiger partial charge in [0.2, 0.25) is 0 Å². The van der Waals surface area contributed by atoms with Crippen molar-refractivity contribution in [2.75, 3.05) is 13.7 Å². The van der Waals surface area contributed by atoms with Crippen molar-refractivity contribution < 1.29 is 14.3 Å². The molecule has 3 rings (SSSR count). The second-order valence-corrected chi connectivity index (χ2v) is 5.77. The number of aromatic amines is 1. The number of H-pyrrole nitrogens is 1. The van der Waals surface area contributed by atoms with Crippen molar-refractivity contribution in [2.45, 2.75) is 25.3 Å². The molecular weight excluding hydrogens is 292 g/mol. The highest BCUT2D eigenvalue weighted by Crippen LogP contribution is 2.33. The average Bonchev–Trinajstić information content (AvgIpc) is 3.13. The lowest BCUT2D eigenvalue weighted by Crippen LogP contribution is -2.36. The van der Waals surface area contributed by atoms with Gasteiger partial charge < -0.3 is 14.6 Å². The van der Waals surface area contributed by atoms with Gasteiger partial charge in [-0.05, 0) is 42.5 Å². The van der Waals surface area contributed by atoms with E-state index in [0.717, 1.165) is 19.3 Å². The molecule has 1 heterocycles. The minimum Gasteiger partial charge on any atom is -0.451 e. The molecule has 0 saturated carbocycles. The van der Waals surface area contributed by atoms with E-state index in [-0.39, 0.29) is 18.6 Å². The smallest absolute Gasteiger partial charge is 0.355 e. The maximum absolute atomic E-state index is 12.4. The van der Waals surface area contributed by atoms with Gasteiger partial charge in [-0.3, -0.25) is 4.79 Å². The SMILES string of the molecule is CN(C(=O)COC(=O)c1ccc[nH]1)[C@@H]1CCCc2ccccc21. The maximum Gasteiger partial charge on any atom is 0.355 e.